The zero-order valence-corrected chi connectivity index (χ0v) is 16.1. The van der Waals surface area contributed by atoms with Crippen molar-refractivity contribution in [1.82, 2.24) is 14.8 Å². The molecule has 2 heterocycles. The maximum absolute atomic E-state index is 12.2. The number of likely N-dealkylation sites (tertiary alicyclic amines) is 1. The molecule has 0 bridgehead atoms. The van der Waals surface area contributed by atoms with E-state index >= 15 is 0 Å². The monoisotopic (exact) mass is 389 g/mol. The van der Waals surface area contributed by atoms with Crippen LogP contribution in [0.3, 0.4) is 0 Å². The van der Waals surface area contributed by atoms with Gasteiger partial charge in [0, 0.05) is 37.9 Å². The molecule has 0 unspecified atom stereocenters. The number of benzene rings is 1. The number of aryl methyl sites for hydroxylation is 1. The first-order valence-corrected chi connectivity index (χ1v) is 9.46. The predicted octanol–water partition coefficient (Wildman–Crippen LogP) is 3.46. The van der Waals surface area contributed by atoms with E-state index in [1.54, 1.807) is 27.7 Å². The first kappa shape index (κ1) is 19.3. The molecule has 6 nitrogen and oxygen atoms in total. The van der Waals surface area contributed by atoms with Crippen LogP contribution >= 0.6 is 11.6 Å². The lowest BCUT2D eigenvalue weighted by Crippen LogP contribution is -2.41. The second-order valence-corrected chi connectivity index (χ2v) is 7.26. The lowest BCUT2D eigenvalue weighted by Gasteiger charge is -2.31. The van der Waals surface area contributed by atoms with Crippen molar-refractivity contribution in [3.05, 3.63) is 58.9 Å². The number of rotatable bonds is 5. The molecule has 0 spiro atoms. The number of nitrogens with zero attached hydrogens (tertiary/aromatic N) is 2. The number of ether oxygens (including phenoxy) is 1. The molecule has 0 radical (unpaired) electrons. The molecule has 1 aromatic heterocycles. The molecule has 2 aromatic rings. The van der Waals surface area contributed by atoms with Crippen LogP contribution in [0.5, 0.6) is 0 Å². The normalized spacial score (nSPS) is 14.8. The molecule has 0 atom stereocenters. The van der Waals surface area contributed by atoms with Gasteiger partial charge in [-0.25, -0.2) is 4.79 Å². The summed E-state index contributed by atoms with van der Waals surface area (Å²) in [6, 6.07) is 10.9. The number of piperidine rings is 1. The van der Waals surface area contributed by atoms with Crippen molar-refractivity contribution >= 4 is 23.6 Å². The maximum atomic E-state index is 12.2. The molecule has 27 heavy (non-hydrogen) atoms. The van der Waals surface area contributed by atoms with E-state index in [-0.39, 0.29) is 18.6 Å². The van der Waals surface area contributed by atoms with Crippen LogP contribution in [0.2, 0.25) is 5.02 Å². The summed E-state index contributed by atoms with van der Waals surface area (Å²) in [5.74, 6) is 0.307. The zero-order valence-electron chi connectivity index (χ0n) is 15.4. The smallest absolute Gasteiger partial charge is 0.410 e. The van der Waals surface area contributed by atoms with E-state index in [0.717, 1.165) is 18.4 Å². The van der Waals surface area contributed by atoms with Crippen LogP contribution in [0, 0.1) is 5.92 Å². The van der Waals surface area contributed by atoms with Gasteiger partial charge in [-0.1, -0.05) is 23.7 Å². The van der Waals surface area contributed by atoms with Gasteiger partial charge in [0.05, 0.1) is 0 Å². The Morgan fingerprint density at radius 3 is 2.52 bits per heavy atom. The molecule has 1 saturated heterocycles. The lowest BCUT2D eigenvalue weighted by molar-refractivity contribution is 0.0799. The van der Waals surface area contributed by atoms with Crippen LogP contribution in [-0.2, 0) is 18.4 Å². The number of aromatic nitrogens is 1. The molecule has 144 valence electrons. The van der Waals surface area contributed by atoms with Gasteiger partial charge < -0.3 is 19.5 Å². The third-order valence-electron chi connectivity index (χ3n) is 4.88. The number of hydrogen-bond acceptors (Lipinski definition) is 3. The maximum Gasteiger partial charge on any atom is 0.410 e. The van der Waals surface area contributed by atoms with Crippen molar-refractivity contribution in [2.75, 3.05) is 19.6 Å². The SMILES string of the molecule is Cn1cccc1C(=O)NCC1CCN(C(=O)OCc2ccc(Cl)cc2)CC1. The van der Waals surface area contributed by atoms with Gasteiger partial charge in [0.1, 0.15) is 12.3 Å². The third kappa shape index (κ3) is 5.26. The summed E-state index contributed by atoms with van der Waals surface area (Å²) in [5, 5.41) is 3.64. The molecule has 7 heteroatoms. The van der Waals surface area contributed by atoms with Gasteiger partial charge in [-0.3, -0.25) is 4.79 Å². The van der Waals surface area contributed by atoms with E-state index in [1.807, 2.05) is 31.4 Å². The molecule has 2 amide bonds. The Morgan fingerprint density at radius 2 is 1.89 bits per heavy atom. The Balaban J connectivity index is 1.38. The van der Waals surface area contributed by atoms with Gasteiger partial charge in [0.25, 0.3) is 5.91 Å². The van der Waals surface area contributed by atoms with Crippen molar-refractivity contribution in [2.45, 2.75) is 19.4 Å². The van der Waals surface area contributed by atoms with Crippen molar-refractivity contribution in [2.24, 2.45) is 13.0 Å². The molecule has 1 aliphatic heterocycles. The average Bonchev–Trinajstić information content (AvgIpc) is 3.12. The largest absolute Gasteiger partial charge is 0.445 e. The van der Waals surface area contributed by atoms with E-state index in [1.165, 1.54) is 0 Å². The Kier molecular flexibility index (Phi) is 6.40. The van der Waals surface area contributed by atoms with Gasteiger partial charge in [-0.2, -0.15) is 0 Å². The standard InChI is InChI=1S/C20H24ClN3O3/c1-23-10-2-3-18(23)19(25)22-13-15-8-11-24(12-9-15)20(26)27-14-16-4-6-17(21)7-5-16/h2-7,10,15H,8-9,11-14H2,1H3,(H,22,25). The Hall–Kier alpha value is -2.47. The average molecular weight is 390 g/mol. The Morgan fingerprint density at radius 1 is 1.19 bits per heavy atom. The molecule has 0 aliphatic carbocycles. The summed E-state index contributed by atoms with van der Waals surface area (Å²) in [4.78, 5) is 26.1. The number of carbonyl (C=O) groups excluding carboxylic acids is 2. The van der Waals surface area contributed by atoms with E-state index in [2.05, 4.69) is 5.32 Å². The van der Waals surface area contributed by atoms with Gasteiger partial charge in [0.2, 0.25) is 0 Å². The fourth-order valence-electron chi connectivity index (χ4n) is 3.16. The van der Waals surface area contributed by atoms with Crippen LogP contribution < -0.4 is 5.32 Å². The van der Waals surface area contributed by atoms with Crippen LogP contribution in [0.1, 0.15) is 28.9 Å². The summed E-state index contributed by atoms with van der Waals surface area (Å²) in [7, 11) is 1.85. The second kappa shape index (κ2) is 8.95. The molecule has 1 fully saturated rings. The highest BCUT2D eigenvalue weighted by atomic mass is 35.5. The molecule has 0 saturated carbocycles. The quantitative estimate of drug-likeness (QED) is 0.851. The Labute approximate surface area is 164 Å². The minimum absolute atomic E-state index is 0.0627. The summed E-state index contributed by atoms with van der Waals surface area (Å²) in [6.45, 7) is 2.15. The fraction of sp³-hybridized carbons (Fsp3) is 0.400. The van der Waals surface area contributed by atoms with Crippen LogP contribution in [0.4, 0.5) is 4.79 Å². The number of halogens is 1. The minimum atomic E-state index is -0.295. The molecule has 1 aromatic carbocycles. The number of carbonyl (C=O) groups is 2. The van der Waals surface area contributed by atoms with Crippen molar-refractivity contribution in [3.63, 3.8) is 0 Å². The molecule has 1 aliphatic rings. The van der Waals surface area contributed by atoms with Crippen molar-refractivity contribution in [1.29, 1.82) is 0 Å². The second-order valence-electron chi connectivity index (χ2n) is 6.83. The Bertz CT molecular complexity index is 780. The summed E-state index contributed by atoms with van der Waals surface area (Å²) in [5.41, 5.74) is 1.56. The number of hydrogen-bond donors (Lipinski definition) is 1. The first-order chi connectivity index (χ1) is 13.0. The zero-order chi connectivity index (χ0) is 19.2. The first-order valence-electron chi connectivity index (χ1n) is 9.08. The fourth-order valence-corrected chi connectivity index (χ4v) is 3.29. The van der Waals surface area contributed by atoms with Crippen LogP contribution in [0.25, 0.3) is 0 Å². The van der Waals surface area contributed by atoms with Crippen molar-refractivity contribution < 1.29 is 14.3 Å². The highest BCUT2D eigenvalue weighted by Gasteiger charge is 2.24. The highest BCUT2D eigenvalue weighted by Crippen LogP contribution is 2.18. The van der Waals surface area contributed by atoms with Crippen molar-refractivity contribution in [3.8, 4) is 0 Å². The number of nitrogens with one attached hydrogen (secondary N) is 1. The van der Waals surface area contributed by atoms with E-state index in [9.17, 15) is 9.59 Å². The molecular weight excluding hydrogens is 366 g/mol. The van der Waals surface area contributed by atoms with Crippen LogP contribution in [-0.4, -0.2) is 41.1 Å². The van der Waals surface area contributed by atoms with Gasteiger partial charge >= 0.3 is 6.09 Å². The molecule has 3 rings (SSSR count). The summed E-state index contributed by atoms with van der Waals surface area (Å²) >= 11 is 5.85. The topological polar surface area (TPSA) is 63.6 Å². The van der Waals surface area contributed by atoms with E-state index < -0.39 is 0 Å². The number of amides is 2. The van der Waals surface area contributed by atoms with E-state index in [0.29, 0.717) is 36.3 Å². The third-order valence-corrected chi connectivity index (χ3v) is 5.13. The van der Waals surface area contributed by atoms with Gasteiger partial charge in [0.15, 0.2) is 0 Å². The van der Waals surface area contributed by atoms with E-state index in [4.69, 9.17) is 16.3 Å². The van der Waals surface area contributed by atoms with Gasteiger partial charge in [-0.15, -0.1) is 0 Å². The molecular formula is C20H24ClN3O3. The summed E-state index contributed by atoms with van der Waals surface area (Å²) < 4.78 is 7.17. The predicted molar refractivity (Wildman–Crippen MR) is 104 cm³/mol. The minimum Gasteiger partial charge on any atom is -0.445 e. The highest BCUT2D eigenvalue weighted by molar-refractivity contribution is 6.30. The van der Waals surface area contributed by atoms with Crippen LogP contribution in [0.15, 0.2) is 42.6 Å². The van der Waals surface area contributed by atoms with Gasteiger partial charge in [-0.05, 0) is 48.6 Å². The summed E-state index contributed by atoms with van der Waals surface area (Å²) in [6.07, 6.45) is 3.26. The lowest BCUT2D eigenvalue weighted by atomic mass is 9.97. The molecule has 1 N–H and O–H groups in total.